The van der Waals surface area contributed by atoms with Crippen molar-refractivity contribution in [2.45, 2.75) is 102 Å². The number of piperazine rings is 1. The number of benzene rings is 3. The van der Waals surface area contributed by atoms with Gasteiger partial charge in [-0.15, -0.1) is 0 Å². The molecule has 266 valence electrons. The van der Waals surface area contributed by atoms with Crippen molar-refractivity contribution in [1.29, 1.82) is 0 Å². The molecule has 10 rings (SSSR count). The highest BCUT2D eigenvalue weighted by Gasteiger charge is 2.45. The predicted octanol–water partition coefficient (Wildman–Crippen LogP) is 8.11. The van der Waals surface area contributed by atoms with Gasteiger partial charge in [0.2, 0.25) is 0 Å². The average Bonchev–Trinajstić information content (AvgIpc) is 3.37. The van der Waals surface area contributed by atoms with E-state index in [1.807, 2.05) is 39.2 Å². The summed E-state index contributed by atoms with van der Waals surface area (Å²) in [5, 5.41) is 8.26. The molecular weight excluding hydrogens is 641 g/mol. The summed E-state index contributed by atoms with van der Waals surface area (Å²) in [5.74, 6) is 1.85. The fourth-order valence-corrected chi connectivity index (χ4v) is 10.9. The first-order valence-electron chi connectivity index (χ1n) is 19.6. The van der Waals surface area contributed by atoms with Crippen molar-refractivity contribution in [2.75, 3.05) is 37.6 Å². The number of rotatable bonds is 8. The van der Waals surface area contributed by atoms with Crippen LogP contribution in [0.4, 0.5) is 14.6 Å². The lowest BCUT2D eigenvalue weighted by atomic mass is 9.88. The first-order valence-corrected chi connectivity index (χ1v) is 19.6. The normalized spacial score (nSPS) is 23.4. The maximum atomic E-state index is 17.9. The standard InChI is InChI=1S/C42H49F2N7/c1-4-30-33(43)12-9-27-19-25(2)20-31(35(27)30)36-38(44)40-37(32-24-48(3)47-39(32)36)41(51-28-10-11-29(51)23-49(22-28)21-26-7-8-26)46-34(45-40)13-16-42-14-5-17-50(42)18-6-15-42/h9,12,19-20,24,26,28-29H,4-8,10-11,13-18,21-23H2,1-3H3. The highest BCUT2D eigenvalue weighted by Crippen LogP contribution is 2.47. The summed E-state index contributed by atoms with van der Waals surface area (Å²) in [6.45, 7) is 9.62. The molecule has 1 saturated carbocycles. The maximum Gasteiger partial charge on any atom is 0.159 e. The van der Waals surface area contributed by atoms with Crippen molar-refractivity contribution < 1.29 is 8.78 Å². The fraction of sp³-hybridized carbons (Fsp3) is 0.548. The van der Waals surface area contributed by atoms with Crippen LogP contribution in [0, 0.1) is 24.5 Å². The monoisotopic (exact) mass is 689 g/mol. The molecule has 0 amide bonds. The largest absolute Gasteiger partial charge is 0.347 e. The SMILES string of the molecule is CCc1c(F)ccc2cc(C)cc(-c3c(F)c4nc(CCC56CCCN5CCC6)nc(N5C6CCC5CN(CC5CC5)C6)c4c4cn(C)nc34)c12. The second-order valence-electron chi connectivity index (χ2n) is 16.6. The van der Waals surface area contributed by atoms with Crippen molar-refractivity contribution in [1.82, 2.24) is 29.5 Å². The fourth-order valence-electron chi connectivity index (χ4n) is 10.9. The van der Waals surface area contributed by atoms with Gasteiger partial charge in [0, 0.05) is 67.9 Å². The zero-order valence-corrected chi connectivity index (χ0v) is 30.3. The number of anilines is 1. The van der Waals surface area contributed by atoms with E-state index in [-0.39, 0.29) is 17.2 Å². The Kier molecular flexibility index (Phi) is 7.48. The van der Waals surface area contributed by atoms with Crippen LogP contribution in [-0.2, 0) is 19.9 Å². The van der Waals surface area contributed by atoms with Crippen LogP contribution < -0.4 is 4.90 Å². The van der Waals surface area contributed by atoms with Gasteiger partial charge in [-0.05, 0) is 124 Å². The molecule has 4 aliphatic heterocycles. The zero-order chi connectivity index (χ0) is 34.6. The third-order valence-corrected chi connectivity index (χ3v) is 13.3. The summed E-state index contributed by atoms with van der Waals surface area (Å²) >= 11 is 0. The Morgan fingerprint density at radius 1 is 0.922 bits per heavy atom. The second-order valence-corrected chi connectivity index (χ2v) is 16.6. The van der Waals surface area contributed by atoms with Gasteiger partial charge in [-0.2, -0.15) is 5.10 Å². The van der Waals surface area contributed by atoms with E-state index in [4.69, 9.17) is 15.1 Å². The lowest BCUT2D eigenvalue weighted by Gasteiger charge is -2.42. The summed E-state index contributed by atoms with van der Waals surface area (Å²) < 4.78 is 35.2. The summed E-state index contributed by atoms with van der Waals surface area (Å²) in [4.78, 5) is 18.6. The van der Waals surface area contributed by atoms with Crippen molar-refractivity contribution in [2.24, 2.45) is 13.0 Å². The summed E-state index contributed by atoms with van der Waals surface area (Å²) in [6, 6.07) is 8.13. The minimum atomic E-state index is -0.374. The number of hydrogen-bond donors (Lipinski definition) is 0. The number of nitrogens with zero attached hydrogens (tertiary/aromatic N) is 7. The Labute approximate surface area is 299 Å². The zero-order valence-electron chi connectivity index (χ0n) is 30.3. The molecule has 2 bridgehead atoms. The second kappa shape index (κ2) is 11.9. The molecule has 9 heteroatoms. The van der Waals surface area contributed by atoms with Gasteiger partial charge in [0.05, 0.1) is 5.39 Å². The molecule has 7 nitrogen and oxygen atoms in total. The molecule has 0 radical (unpaired) electrons. The van der Waals surface area contributed by atoms with Crippen molar-refractivity contribution in [3.8, 4) is 11.1 Å². The van der Waals surface area contributed by atoms with Crippen molar-refractivity contribution in [3.63, 3.8) is 0 Å². The predicted molar refractivity (Wildman–Crippen MR) is 200 cm³/mol. The van der Waals surface area contributed by atoms with Gasteiger partial charge >= 0.3 is 0 Å². The van der Waals surface area contributed by atoms with E-state index in [1.165, 1.54) is 64.2 Å². The van der Waals surface area contributed by atoms with Gasteiger partial charge in [0.1, 0.15) is 28.5 Å². The number of fused-ring (bicyclic) bond motifs is 7. The first-order chi connectivity index (χ1) is 24.8. The molecule has 4 saturated heterocycles. The van der Waals surface area contributed by atoms with Gasteiger partial charge in [-0.25, -0.2) is 18.7 Å². The Bertz CT molecular complexity index is 2180. The van der Waals surface area contributed by atoms with Crippen LogP contribution in [0.15, 0.2) is 30.5 Å². The molecule has 2 aromatic heterocycles. The van der Waals surface area contributed by atoms with Crippen molar-refractivity contribution >= 4 is 38.4 Å². The van der Waals surface area contributed by atoms with E-state index in [0.717, 1.165) is 83.4 Å². The van der Waals surface area contributed by atoms with E-state index < -0.39 is 0 Å². The third-order valence-electron chi connectivity index (χ3n) is 13.3. The van der Waals surface area contributed by atoms with Crippen molar-refractivity contribution in [3.05, 3.63) is 59.0 Å². The Hall–Kier alpha value is -3.69. The van der Waals surface area contributed by atoms with E-state index in [9.17, 15) is 0 Å². The van der Waals surface area contributed by atoms with Crippen LogP contribution in [0.2, 0.25) is 0 Å². The van der Waals surface area contributed by atoms with E-state index >= 15 is 8.78 Å². The lowest BCUT2D eigenvalue weighted by molar-refractivity contribution is 0.181. The van der Waals surface area contributed by atoms with Crippen LogP contribution in [-0.4, -0.2) is 79.9 Å². The van der Waals surface area contributed by atoms with Gasteiger partial charge in [-0.3, -0.25) is 14.5 Å². The summed E-state index contributed by atoms with van der Waals surface area (Å²) in [7, 11) is 1.91. The number of hydrogen-bond acceptors (Lipinski definition) is 6. The Morgan fingerprint density at radius 3 is 2.41 bits per heavy atom. The molecule has 5 aliphatic rings. The van der Waals surface area contributed by atoms with Gasteiger partial charge in [-0.1, -0.05) is 25.1 Å². The molecule has 0 spiro atoms. The van der Waals surface area contributed by atoms with E-state index in [0.29, 0.717) is 46.2 Å². The molecule has 2 atom stereocenters. The number of aryl methyl sites for hydroxylation is 4. The average molecular weight is 690 g/mol. The Morgan fingerprint density at radius 2 is 1.69 bits per heavy atom. The highest BCUT2D eigenvalue weighted by atomic mass is 19.1. The molecule has 5 aromatic rings. The quantitative estimate of drug-likeness (QED) is 0.164. The topological polar surface area (TPSA) is 53.3 Å². The lowest BCUT2D eigenvalue weighted by Crippen LogP contribution is -2.54. The molecule has 5 fully saturated rings. The molecule has 51 heavy (non-hydrogen) atoms. The van der Waals surface area contributed by atoms with Crippen LogP contribution in [0.25, 0.3) is 43.7 Å². The number of likely N-dealkylation sites (tertiary alicyclic amines) is 1. The van der Waals surface area contributed by atoms with Crippen LogP contribution >= 0.6 is 0 Å². The molecule has 2 unspecified atom stereocenters. The molecule has 1 aliphatic carbocycles. The molecular formula is C42H49F2N7. The van der Waals surface area contributed by atoms with Crippen LogP contribution in [0.1, 0.15) is 81.7 Å². The van der Waals surface area contributed by atoms with E-state index in [2.05, 4.69) is 20.8 Å². The van der Waals surface area contributed by atoms with E-state index in [1.54, 1.807) is 4.68 Å². The van der Waals surface area contributed by atoms with Gasteiger partial charge in [0.25, 0.3) is 0 Å². The minimum absolute atomic E-state index is 0.226. The maximum absolute atomic E-state index is 17.9. The molecule has 0 N–H and O–H groups in total. The first kappa shape index (κ1) is 32.0. The van der Waals surface area contributed by atoms with Gasteiger partial charge < -0.3 is 4.90 Å². The van der Waals surface area contributed by atoms with Gasteiger partial charge in [0.15, 0.2) is 5.82 Å². The van der Waals surface area contributed by atoms with Crippen LogP contribution in [0.3, 0.4) is 0 Å². The minimum Gasteiger partial charge on any atom is -0.347 e. The molecule has 3 aromatic carbocycles. The summed E-state index contributed by atoms with van der Waals surface area (Å²) in [5.41, 5.74) is 3.89. The summed E-state index contributed by atoms with van der Waals surface area (Å²) in [6.07, 6.45) is 14.2. The van der Waals surface area contributed by atoms with Crippen LogP contribution in [0.5, 0.6) is 0 Å². The number of aromatic nitrogens is 4. The highest BCUT2D eigenvalue weighted by molar-refractivity contribution is 6.18. The smallest absolute Gasteiger partial charge is 0.159 e. The third kappa shape index (κ3) is 5.12. The Balaban J connectivity index is 1.20. The molecule has 6 heterocycles. The number of halogens is 2.